The number of likely N-dealkylation sites (tertiary alicyclic amines) is 1. The number of likely N-dealkylation sites (N-methyl/N-ethyl adjacent to an activating group) is 1. The third-order valence-electron chi connectivity index (χ3n) is 2.58. The van der Waals surface area contributed by atoms with Crippen LogP contribution >= 0.6 is 0 Å². The fourth-order valence-electron chi connectivity index (χ4n) is 1.75. The van der Waals surface area contributed by atoms with Crippen molar-refractivity contribution in [2.24, 2.45) is 0 Å². The number of hydrogen-bond donors (Lipinski definition) is 2. The van der Waals surface area contributed by atoms with Crippen LogP contribution in [0.15, 0.2) is 0 Å². The predicted octanol–water partition coefficient (Wildman–Crippen LogP) is 0.145. The lowest BCUT2D eigenvalue weighted by Gasteiger charge is -2.32. The zero-order valence-corrected chi connectivity index (χ0v) is 8.12. The lowest BCUT2D eigenvalue weighted by atomic mass is 10.0. The van der Waals surface area contributed by atoms with Crippen molar-refractivity contribution in [2.75, 3.05) is 26.7 Å². The number of carboxylic acid groups (broad SMARTS) is 1. The highest BCUT2D eigenvalue weighted by Gasteiger charge is 2.18. The molecule has 0 saturated carbocycles. The van der Waals surface area contributed by atoms with Crippen LogP contribution in [0, 0.1) is 0 Å². The highest BCUT2D eigenvalue weighted by Crippen LogP contribution is 2.13. The Morgan fingerprint density at radius 2 is 2.38 bits per heavy atom. The first-order valence-corrected chi connectivity index (χ1v) is 4.83. The van der Waals surface area contributed by atoms with Gasteiger partial charge in [0.05, 0.1) is 6.54 Å². The highest BCUT2D eigenvalue weighted by atomic mass is 16.4. The molecule has 0 spiro atoms. The molecule has 1 aliphatic rings. The monoisotopic (exact) mass is 186 g/mol. The van der Waals surface area contributed by atoms with E-state index in [1.165, 1.54) is 19.3 Å². The molecule has 1 fully saturated rings. The van der Waals surface area contributed by atoms with E-state index in [0.29, 0.717) is 6.04 Å². The maximum absolute atomic E-state index is 10.2. The van der Waals surface area contributed by atoms with E-state index in [0.717, 1.165) is 13.1 Å². The van der Waals surface area contributed by atoms with Crippen LogP contribution < -0.4 is 5.32 Å². The van der Waals surface area contributed by atoms with E-state index in [1.54, 1.807) is 0 Å². The lowest BCUT2D eigenvalue weighted by molar-refractivity contribution is -0.136. The normalized spacial score (nSPS) is 24.5. The quantitative estimate of drug-likeness (QED) is 0.656. The van der Waals surface area contributed by atoms with E-state index >= 15 is 0 Å². The molecule has 0 aromatic heterocycles. The first-order valence-electron chi connectivity index (χ1n) is 4.83. The van der Waals surface area contributed by atoms with E-state index in [2.05, 4.69) is 17.3 Å². The molecule has 1 heterocycles. The summed E-state index contributed by atoms with van der Waals surface area (Å²) in [5.41, 5.74) is 0. The molecule has 4 nitrogen and oxygen atoms in total. The van der Waals surface area contributed by atoms with Gasteiger partial charge in [0.1, 0.15) is 0 Å². The molecule has 1 saturated heterocycles. The van der Waals surface area contributed by atoms with Crippen molar-refractivity contribution in [3.8, 4) is 0 Å². The second-order valence-electron chi connectivity index (χ2n) is 3.65. The van der Waals surface area contributed by atoms with Crippen molar-refractivity contribution in [1.82, 2.24) is 10.2 Å². The summed E-state index contributed by atoms with van der Waals surface area (Å²) in [6.07, 6.45) is 3.72. The molecular weight excluding hydrogens is 168 g/mol. The van der Waals surface area contributed by atoms with E-state index in [1.807, 2.05) is 0 Å². The predicted molar refractivity (Wildman–Crippen MR) is 50.8 cm³/mol. The number of rotatable bonds is 4. The van der Waals surface area contributed by atoms with Crippen molar-refractivity contribution < 1.29 is 9.90 Å². The zero-order chi connectivity index (χ0) is 9.68. The fourth-order valence-corrected chi connectivity index (χ4v) is 1.75. The molecule has 4 heteroatoms. The summed E-state index contributed by atoms with van der Waals surface area (Å²) in [6, 6.07) is 0.521. The molecule has 0 aromatic rings. The maximum Gasteiger partial charge on any atom is 0.317 e. The van der Waals surface area contributed by atoms with Crippen molar-refractivity contribution in [3.63, 3.8) is 0 Å². The Morgan fingerprint density at radius 3 is 3.00 bits per heavy atom. The summed E-state index contributed by atoms with van der Waals surface area (Å²) < 4.78 is 0. The molecule has 76 valence electrons. The molecule has 1 aliphatic heterocycles. The summed E-state index contributed by atoms with van der Waals surface area (Å²) >= 11 is 0. The van der Waals surface area contributed by atoms with Crippen LogP contribution in [0.1, 0.15) is 19.3 Å². The van der Waals surface area contributed by atoms with Crippen molar-refractivity contribution in [2.45, 2.75) is 25.3 Å². The van der Waals surface area contributed by atoms with Gasteiger partial charge in [-0.15, -0.1) is 0 Å². The van der Waals surface area contributed by atoms with Crippen molar-refractivity contribution >= 4 is 5.97 Å². The van der Waals surface area contributed by atoms with Gasteiger partial charge in [-0.3, -0.25) is 4.79 Å². The van der Waals surface area contributed by atoms with Gasteiger partial charge in [-0.1, -0.05) is 6.42 Å². The number of carbonyl (C=O) groups is 1. The van der Waals surface area contributed by atoms with Crippen LogP contribution in [0.3, 0.4) is 0 Å². The van der Waals surface area contributed by atoms with Gasteiger partial charge in [-0.05, 0) is 26.4 Å². The molecule has 13 heavy (non-hydrogen) atoms. The Hall–Kier alpha value is -0.610. The number of aliphatic carboxylic acids is 1. The SMILES string of the molecule is CN1CCCC[C@H]1CNCC(=O)O. The molecule has 0 bridgehead atoms. The molecule has 1 rings (SSSR count). The second kappa shape index (κ2) is 5.19. The molecule has 1 atom stereocenters. The number of hydrogen-bond acceptors (Lipinski definition) is 3. The molecule has 0 aromatic carbocycles. The van der Waals surface area contributed by atoms with Crippen LogP contribution in [0.2, 0.25) is 0 Å². The third kappa shape index (κ3) is 3.74. The Labute approximate surface area is 78.9 Å². The average Bonchev–Trinajstić information content (AvgIpc) is 2.08. The number of carboxylic acids is 1. The number of nitrogens with zero attached hydrogens (tertiary/aromatic N) is 1. The maximum atomic E-state index is 10.2. The first kappa shape index (κ1) is 10.5. The molecule has 0 aliphatic carbocycles. The zero-order valence-electron chi connectivity index (χ0n) is 8.12. The Morgan fingerprint density at radius 1 is 1.62 bits per heavy atom. The minimum absolute atomic E-state index is 0.0737. The largest absolute Gasteiger partial charge is 0.480 e. The van der Waals surface area contributed by atoms with Crippen molar-refractivity contribution in [1.29, 1.82) is 0 Å². The first-order chi connectivity index (χ1) is 6.20. The summed E-state index contributed by atoms with van der Waals surface area (Å²) in [4.78, 5) is 12.6. The fraction of sp³-hybridized carbons (Fsp3) is 0.889. The molecule has 0 unspecified atom stereocenters. The smallest absolute Gasteiger partial charge is 0.317 e. The minimum atomic E-state index is -0.779. The average molecular weight is 186 g/mol. The summed E-state index contributed by atoms with van der Waals surface area (Å²) in [5.74, 6) is -0.779. The van der Waals surface area contributed by atoms with Gasteiger partial charge in [0.25, 0.3) is 0 Å². The number of nitrogens with one attached hydrogen (secondary N) is 1. The van der Waals surface area contributed by atoms with E-state index in [-0.39, 0.29) is 6.54 Å². The van der Waals surface area contributed by atoms with Crippen LogP contribution in [0.4, 0.5) is 0 Å². The Bertz CT molecular complexity index is 173. The van der Waals surface area contributed by atoms with Crippen LogP contribution in [0.5, 0.6) is 0 Å². The molecular formula is C9H18N2O2. The number of piperidine rings is 1. The van der Waals surface area contributed by atoms with Crippen LogP contribution in [-0.4, -0.2) is 48.7 Å². The summed E-state index contributed by atoms with van der Waals surface area (Å²) in [7, 11) is 2.10. The lowest BCUT2D eigenvalue weighted by Crippen LogP contribution is -2.44. The van der Waals surface area contributed by atoms with E-state index in [9.17, 15) is 4.79 Å². The van der Waals surface area contributed by atoms with Gasteiger partial charge < -0.3 is 15.3 Å². The second-order valence-corrected chi connectivity index (χ2v) is 3.65. The van der Waals surface area contributed by atoms with Gasteiger partial charge in [0.2, 0.25) is 0 Å². The van der Waals surface area contributed by atoms with Crippen molar-refractivity contribution in [3.05, 3.63) is 0 Å². The van der Waals surface area contributed by atoms with Gasteiger partial charge in [-0.2, -0.15) is 0 Å². The summed E-state index contributed by atoms with van der Waals surface area (Å²) in [6.45, 7) is 2.01. The Kier molecular flexibility index (Phi) is 4.18. The van der Waals surface area contributed by atoms with Gasteiger partial charge >= 0.3 is 5.97 Å². The molecule has 2 N–H and O–H groups in total. The third-order valence-corrected chi connectivity index (χ3v) is 2.58. The molecule has 0 radical (unpaired) electrons. The Balaban J connectivity index is 2.15. The van der Waals surface area contributed by atoms with Crippen LogP contribution in [0.25, 0.3) is 0 Å². The minimum Gasteiger partial charge on any atom is -0.480 e. The topological polar surface area (TPSA) is 52.6 Å². The molecule has 0 amide bonds. The standard InChI is InChI=1S/C9H18N2O2/c1-11-5-3-2-4-8(11)6-10-7-9(12)13/h8,10H,2-7H2,1H3,(H,12,13)/t8-/m0/s1. The van der Waals surface area contributed by atoms with Gasteiger partial charge in [0.15, 0.2) is 0 Å². The van der Waals surface area contributed by atoms with E-state index < -0.39 is 5.97 Å². The van der Waals surface area contributed by atoms with Gasteiger partial charge in [0, 0.05) is 12.6 Å². The van der Waals surface area contributed by atoms with Crippen LogP contribution in [-0.2, 0) is 4.79 Å². The summed E-state index contributed by atoms with van der Waals surface area (Å²) in [5, 5.41) is 11.4. The highest BCUT2D eigenvalue weighted by molar-refractivity contribution is 5.68. The van der Waals surface area contributed by atoms with Gasteiger partial charge in [-0.25, -0.2) is 0 Å². The van der Waals surface area contributed by atoms with E-state index in [4.69, 9.17) is 5.11 Å².